The fourth-order valence-corrected chi connectivity index (χ4v) is 3.59. The molecule has 134 valence electrons. The highest BCUT2D eigenvalue weighted by Gasteiger charge is 2.11. The Hall–Kier alpha value is -2.45. The average Bonchev–Trinajstić information content (AvgIpc) is 3.11. The van der Waals surface area contributed by atoms with E-state index < -0.39 is 11.6 Å². The summed E-state index contributed by atoms with van der Waals surface area (Å²) in [5, 5.41) is 4.79. The first-order chi connectivity index (χ1) is 12.5. The Kier molecular flexibility index (Phi) is 5.85. The number of ether oxygens (including phenoxy) is 1. The molecule has 0 fully saturated rings. The van der Waals surface area contributed by atoms with Crippen LogP contribution in [-0.4, -0.2) is 23.8 Å². The van der Waals surface area contributed by atoms with Crippen LogP contribution in [0.3, 0.4) is 0 Å². The first kappa shape index (κ1) is 18.3. The fourth-order valence-electron chi connectivity index (χ4n) is 2.11. The summed E-state index contributed by atoms with van der Waals surface area (Å²) >= 11 is 2.60. The minimum atomic E-state index is -0.934. The van der Waals surface area contributed by atoms with Crippen LogP contribution in [0.2, 0.25) is 0 Å². The van der Waals surface area contributed by atoms with Gasteiger partial charge in [-0.1, -0.05) is 6.07 Å². The predicted octanol–water partition coefficient (Wildman–Crippen LogP) is 4.83. The summed E-state index contributed by atoms with van der Waals surface area (Å²) in [4.78, 5) is 17.2. The normalized spacial score (nSPS) is 10.6. The third-order valence-corrected chi connectivity index (χ3v) is 5.13. The maximum Gasteiger partial charge on any atom is 0.236 e. The van der Waals surface area contributed by atoms with Gasteiger partial charge < -0.3 is 10.1 Å². The molecule has 4 nitrogen and oxygen atoms in total. The summed E-state index contributed by atoms with van der Waals surface area (Å²) in [6.45, 7) is 0. The van der Waals surface area contributed by atoms with Gasteiger partial charge in [0.2, 0.25) is 5.91 Å². The molecule has 0 atom stereocenters. The number of methoxy groups -OCH3 is 1. The molecule has 0 aliphatic rings. The van der Waals surface area contributed by atoms with E-state index in [1.165, 1.54) is 29.2 Å². The topological polar surface area (TPSA) is 51.2 Å². The van der Waals surface area contributed by atoms with E-state index in [9.17, 15) is 13.6 Å². The SMILES string of the molecule is COc1cccc(SCC(=O)Nc2nc(-c3ccc(F)c(F)c3)cs2)c1. The van der Waals surface area contributed by atoms with Crippen molar-refractivity contribution in [3.05, 3.63) is 59.5 Å². The number of aromatic nitrogens is 1. The standard InChI is InChI=1S/C18H14F2N2O2S2/c1-24-12-3-2-4-13(8-12)25-10-17(23)22-18-21-16(9-26-18)11-5-6-14(19)15(20)7-11/h2-9H,10H2,1H3,(H,21,22,23). The quantitative estimate of drug-likeness (QED) is 0.611. The summed E-state index contributed by atoms with van der Waals surface area (Å²) in [5.41, 5.74) is 0.927. The first-order valence-electron chi connectivity index (χ1n) is 7.53. The number of hydrogen-bond acceptors (Lipinski definition) is 5. The van der Waals surface area contributed by atoms with Crippen molar-refractivity contribution in [1.29, 1.82) is 0 Å². The molecule has 1 amide bonds. The number of hydrogen-bond donors (Lipinski definition) is 1. The second-order valence-corrected chi connectivity index (χ2v) is 7.09. The van der Waals surface area contributed by atoms with E-state index in [4.69, 9.17) is 4.74 Å². The van der Waals surface area contributed by atoms with Gasteiger partial charge in [0.1, 0.15) is 5.75 Å². The molecule has 2 aromatic carbocycles. The van der Waals surface area contributed by atoms with E-state index in [0.717, 1.165) is 22.8 Å². The highest BCUT2D eigenvalue weighted by atomic mass is 32.2. The first-order valence-corrected chi connectivity index (χ1v) is 9.39. The van der Waals surface area contributed by atoms with Crippen molar-refractivity contribution in [1.82, 2.24) is 4.98 Å². The molecule has 8 heteroatoms. The lowest BCUT2D eigenvalue weighted by atomic mass is 10.2. The number of amides is 1. The number of nitrogens with zero attached hydrogens (tertiary/aromatic N) is 1. The van der Waals surface area contributed by atoms with Crippen molar-refractivity contribution in [3.8, 4) is 17.0 Å². The van der Waals surface area contributed by atoms with E-state index in [0.29, 0.717) is 16.4 Å². The van der Waals surface area contributed by atoms with Crippen molar-refractivity contribution in [2.45, 2.75) is 4.90 Å². The van der Waals surface area contributed by atoms with Gasteiger partial charge in [0.15, 0.2) is 16.8 Å². The van der Waals surface area contributed by atoms with Gasteiger partial charge in [0.25, 0.3) is 0 Å². The summed E-state index contributed by atoms with van der Waals surface area (Å²) in [7, 11) is 1.59. The Morgan fingerprint density at radius 1 is 1.23 bits per heavy atom. The smallest absolute Gasteiger partial charge is 0.236 e. The molecular formula is C18H14F2N2O2S2. The van der Waals surface area contributed by atoms with Crippen molar-refractivity contribution >= 4 is 34.1 Å². The molecule has 1 aromatic heterocycles. The molecule has 0 unspecified atom stereocenters. The molecule has 0 radical (unpaired) electrons. The lowest BCUT2D eigenvalue weighted by molar-refractivity contribution is -0.113. The molecule has 3 rings (SSSR count). The van der Waals surface area contributed by atoms with Gasteiger partial charge >= 0.3 is 0 Å². The second-order valence-electron chi connectivity index (χ2n) is 5.18. The monoisotopic (exact) mass is 392 g/mol. The van der Waals surface area contributed by atoms with E-state index in [-0.39, 0.29) is 11.7 Å². The van der Waals surface area contributed by atoms with Crippen LogP contribution in [0.25, 0.3) is 11.3 Å². The number of thioether (sulfide) groups is 1. The molecule has 26 heavy (non-hydrogen) atoms. The van der Waals surface area contributed by atoms with Crippen molar-refractivity contribution < 1.29 is 18.3 Å². The number of carbonyl (C=O) groups excluding carboxylic acids is 1. The highest BCUT2D eigenvalue weighted by Crippen LogP contribution is 2.27. The Bertz CT molecular complexity index is 931. The Labute approximate surface area is 157 Å². The van der Waals surface area contributed by atoms with Crippen LogP contribution in [-0.2, 0) is 4.79 Å². The van der Waals surface area contributed by atoms with E-state index >= 15 is 0 Å². The third kappa shape index (κ3) is 4.59. The molecule has 0 aliphatic carbocycles. The number of thiazole rings is 1. The third-order valence-electron chi connectivity index (χ3n) is 3.38. The zero-order chi connectivity index (χ0) is 18.5. The minimum Gasteiger partial charge on any atom is -0.497 e. The molecule has 0 saturated heterocycles. The Morgan fingerprint density at radius 3 is 2.85 bits per heavy atom. The number of halogens is 2. The highest BCUT2D eigenvalue weighted by molar-refractivity contribution is 8.00. The fraction of sp³-hybridized carbons (Fsp3) is 0.111. The number of rotatable bonds is 6. The van der Waals surface area contributed by atoms with Crippen LogP contribution in [0.15, 0.2) is 52.7 Å². The van der Waals surface area contributed by atoms with Gasteiger partial charge in [0.05, 0.1) is 18.6 Å². The van der Waals surface area contributed by atoms with Gasteiger partial charge in [-0.15, -0.1) is 23.1 Å². The molecule has 0 spiro atoms. The van der Waals surface area contributed by atoms with Crippen molar-refractivity contribution in [2.75, 3.05) is 18.2 Å². The molecule has 0 saturated carbocycles. The van der Waals surface area contributed by atoms with Crippen LogP contribution in [0, 0.1) is 11.6 Å². The maximum absolute atomic E-state index is 13.3. The van der Waals surface area contributed by atoms with Gasteiger partial charge in [-0.3, -0.25) is 4.79 Å². The van der Waals surface area contributed by atoms with Crippen LogP contribution >= 0.6 is 23.1 Å². The minimum absolute atomic E-state index is 0.205. The van der Waals surface area contributed by atoms with Gasteiger partial charge in [0, 0.05) is 15.8 Å². The van der Waals surface area contributed by atoms with E-state index in [2.05, 4.69) is 10.3 Å². The zero-order valence-corrected chi connectivity index (χ0v) is 15.3. The summed E-state index contributed by atoms with van der Waals surface area (Å²) in [5.74, 6) is -1.11. The number of nitrogens with one attached hydrogen (secondary N) is 1. The summed E-state index contributed by atoms with van der Waals surface area (Å²) < 4.78 is 31.5. The van der Waals surface area contributed by atoms with E-state index in [1.54, 1.807) is 12.5 Å². The molecule has 1 heterocycles. The Morgan fingerprint density at radius 2 is 2.08 bits per heavy atom. The lowest BCUT2D eigenvalue weighted by Gasteiger charge is -2.04. The number of carbonyl (C=O) groups is 1. The zero-order valence-electron chi connectivity index (χ0n) is 13.7. The van der Waals surface area contributed by atoms with E-state index in [1.807, 2.05) is 24.3 Å². The number of benzene rings is 2. The molecular weight excluding hydrogens is 378 g/mol. The largest absolute Gasteiger partial charge is 0.497 e. The van der Waals surface area contributed by atoms with Gasteiger partial charge in [-0.2, -0.15) is 0 Å². The van der Waals surface area contributed by atoms with Gasteiger partial charge in [-0.25, -0.2) is 13.8 Å². The molecule has 1 N–H and O–H groups in total. The van der Waals surface area contributed by atoms with Crippen LogP contribution in [0.1, 0.15) is 0 Å². The predicted molar refractivity (Wildman–Crippen MR) is 99.8 cm³/mol. The maximum atomic E-state index is 13.3. The second kappa shape index (κ2) is 8.29. The molecule has 3 aromatic rings. The lowest BCUT2D eigenvalue weighted by Crippen LogP contribution is -2.13. The van der Waals surface area contributed by atoms with Crippen LogP contribution < -0.4 is 10.1 Å². The van der Waals surface area contributed by atoms with Crippen molar-refractivity contribution in [3.63, 3.8) is 0 Å². The molecule has 0 aliphatic heterocycles. The average molecular weight is 392 g/mol. The van der Waals surface area contributed by atoms with Crippen LogP contribution in [0.4, 0.5) is 13.9 Å². The van der Waals surface area contributed by atoms with Crippen molar-refractivity contribution in [2.24, 2.45) is 0 Å². The van der Waals surface area contributed by atoms with Gasteiger partial charge in [-0.05, 0) is 36.4 Å². The number of anilines is 1. The summed E-state index contributed by atoms with van der Waals surface area (Å²) in [6, 6.07) is 11.0. The van der Waals surface area contributed by atoms with Crippen LogP contribution in [0.5, 0.6) is 5.75 Å². The molecule has 0 bridgehead atoms. The summed E-state index contributed by atoms with van der Waals surface area (Å²) in [6.07, 6.45) is 0. The Balaban J connectivity index is 1.59.